The highest BCUT2D eigenvalue weighted by Crippen LogP contribution is 2.19. The fourth-order valence-corrected chi connectivity index (χ4v) is 2.34. The molecule has 2 atom stereocenters. The van der Waals surface area contributed by atoms with Crippen molar-refractivity contribution in [1.29, 1.82) is 0 Å². The van der Waals surface area contributed by atoms with E-state index in [1.807, 2.05) is 0 Å². The van der Waals surface area contributed by atoms with Crippen LogP contribution in [0.25, 0.3) is 0 Å². The van der Waals surface area contributed by atoms with Gasteiger partial charge in [0.05, 0.1) is 6.54 Å². The summed E-state index contributed by atoms with van der Waals surface area (Å²) < 4.78 is 31.4. The lowest BCUT2D eigenvalue weighted by atomic mass is 9.97. The molecule has 0 saturated heterocycles. The molecule has 1 amide bonds. The van der Waals surface area contributed by atoms with Crippen molar-refractivity contribution in [3.8, 4) is 5.75 Å². The molecule has 2 rings (SSSR count). The first kappa shape index (κ1) is 19.4. The van der Waals surface area contributed by atoms with Gasteiger partial charge in [-0.05, 0) is 47.9 Å². The number of nitrogens with one attached hydrogen (secondary N) is 1. The van der Waals surface area contributed by atoms with Crippen LogP contribution in [0.15, 0.2) is 48.5 Å². The highest BCUT2D eigenvalue weighted by Gasteiger charge is 2.21. The van der Waals surface area contributed by atoms with Crippen molar-refractivity contribution in [3.63, 3.8) is 0 Å². The maximum absolute atomic E-state index is 13.2. The van der Waals surface area contributed by atoms with Gasteiger partial charge in [-0.25, -0.2) is 13.6 Å². The number of carboxylic acid groups (broad SMARTS) is 1. The van der Waals surface area contributed by atoms with Gasteiger partial charge in [0.2, 0.25) is 12.0 Å². The van der Waals surface area contributed by atoms with E-state index in [4.69, 9.17) is 4.74 Å². The number of rotatable bonds is 8. The summed E-state index contributed by atoms with van der Waals surface area (Å²) in [6.45, 7) is 1.53. The third kappa shape index (κ3) is 5.84. The summed E-state index contributed by atoms with van der Waals surface area (Å²) in [6.07, 6.45) is -1.24. The van der Waals surface area contributed by atoms with Gasteiger partial charge in [-0.2, -0.15) is 0 Å². The van der Waals surface area contributed by atoms with Crippen molar-refractivity contribution in [1.82, 2.24) is 5.32 Å². The van der Waals surface area contributed by atoms with E-state index in [9.17, 15) is 23.5 Å². The molecule has 0 spiro atoms. The molecule has 26 heavy (non-hydrogen) atoms. The van der Waals surface area contributed by atoms with Crippen molar-refractivity contribution >= 4 is 11.9 Å². The van der Waals surface area contributed by atoms with Crippen molar-refractivity contribution in [2.75, 3.05) is 6.54 Å². The summed E-state index contributed by atoms with van der Waals surface area (Å²) in [4.78, 5) is 23.3. The molecule has 0 bridgehead atoms. The fraction of sp³-hybridized carbons (Fsp3) is 0.263. The lowest BCUT2D eigenvalue weighted by molar-refractivity contribution is -0.145. The van der Waals surface area contributed by atoms with Crippen molar-refractivity contribution in [3.05, 3.63) is 65.7 Å². The first-order valence-corrected chi connectivity index (χ1v) is 8.02. The topological polar surface area (TPSA) is 75.6 Å². The van der Waals surface area contributed by atoms with Gasteiger partial charge in [-0.1, -0.05) is 19.1 Å². The molecule has 7 heteroatoms. The summed E-state index contributed by atoms with van der Waals surface area (Å²) in [5.74, 6) is -2.53. The molecule has 2 N–H and O–H groups in total. The van der Waals surface area contributed by atoms with Gasteiger partial charge in [0.25, 0.3) is 0 Å². The number of carbonyl (C=O) groups is 2. The van der Waals surface area contributed by atoms with Crippen LogP contribution in [0, 0.1) is 11.6 Å². The van der Waals surface area contributed by atoms with E-state index in [0.717, 1.165) is 12.1 Å². The van der Waals surface area contributed by atoms with Crippen molar-refractivity contribution in [2.24, 2.45) is 0 Å². The zero-order valence-electron chi connectivity index (χ0n) is 14.1. The summed E-state index contributed by atoms with van der Waals surface area (Å²) in [7, 11) is 0. The second kappa shape index (κ2) is 8.94. The molecule has 138 valence electrons. The van der Waals surface area contributed by atoms with Crippen molar-refractivity contribution in [2.45, 2.75) is 25.4 Å². The summed E-state index contributed by atoms with van der Waals surface area (Å²) in [5.41, 5.74) is 0.678. The molecular formula is C19H19F2NO4. The molecule has 2 aromatic carbocycles. The standard InChI is InChI=1S/C19H19F2NO4/c1-12(13-3-2-4-15(21)10-13)9-18(23)22-11-17(19(24)25)26-16-7-5-14(20)6-8-16/h2-8,10,12,17H,9,11H2,1H3,(H,22,23)(H,24,25). The smallest absolute Gasteiger partial charge is 0.346 e. The molecule has 0 saturated carbocycles. The van der Waals surface area contributed by atoms with E-state index in [1.54, 1.807) is 19.1 Å². The maximum atomic E-state index is 13.2. The van der Waals surface area contributed by atoms with Crippen LogP contribution in [-0.2, 0) is 9.59 Å². The predicted octanol–water partition coefficient (Wildman–Crippen LogP) is 3.11. The van der Waals surface area contributed by atoms with Crippen LogP contribution in [0.1, 0.15) is 24.8 Å². The number of benzene rings is 2. The van der Waals surface area contributed by atoms with E-state index in [1.165, 1.54) is 24.3 Å². The number of amides is 1. The normalized spacial score (nSPS) is 12.9. The Hall–Kier alpha value is -2.96. The van der Waals surface area contributed by atoms with E-state index in [2.05, 4.69) is 5.32 Å². The average Bonchev–Trinajstić information content (AvgIpc) is 2.60. The van der Waals surface area contributed by atoms with Gasteiger partial charge in [0.1, 0.15) is 17.4 Å². The fourth-order valence-electron chi connectivity index (χ4n) is 2.34. The van der Waals surface area contributed by atoms with E-state index in [-0.39, 0.29) is 36.4 Å². The Morgan fingerprint density at radius 1 is 1.12 bits per heavy atom. The van der Waals surface area contributed by atoms with Gasteiger partial charge in [0.15, 0.2) is 0 Å². The Morgan fingerprint density at radius 3 is 2.42 bits per heavy atom. The molecule has 0 heterocycles. The summed E-state index contributed by atoms with van der Waals surface area (Å²) in [5, 5.41) is 11.7. The lowest BCUT2D eigenvalue weighted by Crippen LogP contribution is -2.40. The average molecular weight is 363 g/mol. The first-order chi connectivity index (χ1) is 12.3. The Kier molecular flexibility index (Phi) is 6.66. The second-order valence-corrected chi connectivity index (χ2v) is 5.86. The van der Waals surface area contributed by atoms with Crippen LogP contribution >= 0.6 is 0 Å². The Balaban J connectivity index is 1.88. The molecule has 0 aliphatic carbocycles. The molecule has 5 nitrogen and oxygen atoms in total. The van der Waals surface area contributed by atoms with Gasteiger partial charge in [-0.3, -0.25) is 4.79 Å². The minimum absolute atomic E-state index is 0.0757. The van der Waals surface area contributed by atoms with E-state index >= 15 is 0 Å². The van der Waals surface area contributed by atoms with E-state index in [0.29, 0.717) is 5.56 Å². The largest absolute Gasteiger partial charge is 0.478 e. The van der Waals surface area contributed by atoms with Gasteiger partial charge in [-0.15, -0.1) is 0 Å². The second-order valence-electron chi connectivity index (χ2n) is 5.86. The molecule has 0 aliphatic rings. The first-order valence-electron chi connectivity index (χ1n) is 8.02. The Labute approximate surface area is 149 Å². The lowest BCUT2D eigenvalue weighted by Gasteiger charge is -2.17. The number of ether oxygens (including phenoxy) is 1. The van der Waals surface area contributed by atoms with Crippen LogP contribution in [-0.4, -0.2) is 29.6 Å². The molecule has 0 radical (unpaired) electrons. The van der Waals surface area contributed by atoms with Crippen LogP contribution < -0.4 is 10.1 Å². The van der Waals surface area contributed by atoms with E-state index < -0.39 is 17.9 Å². The molecule has 2 aromatic rings. The van der Waals surface area contributed by atoms with Crippen LogP contribution in [0.4, 0.5) is 8.78 Å². The summed E-state index contributed by atoms with van der Waals surface area (Å²) in [6, 6.07) is 10.9. The van der Waals surface area contributed by atoms with Gasteiger partial charge >= 0.3 is 5.97 Å². The molecule has 2 unspecified atom stereocenters. The highest BCUT2D eigenvalue weighted by molar-refractivity contribution is 5.78. The van der Waals surface area contributed by atoms with Gasteiger partial charge < -0.3 is 15.2 Å². The minimum Gasteiger partial charge on any atom is -0.478 e. The zero-order chi connectivity index (χ0) is 19.1. The van der Waals surface area contributed by atoms with Crippen LogP contribution in [0.5, 0.6) is 5.75 Å². The minimum atomic E-state index is -1.31. The molecule has 0 fully saturated rings. The Bertz CT molecular complexity index is 764. The number of carbonyl (C=O) groups excluding carboxylic acids is 1. The quantitative estimate of drug-likeness (QED) is 0.756. The molecule has 0 aromatic heterocycles. The van der Waals surface area contributed by atoms with Crippen LogP contribution in [0.2, 0.25) is 0 Å². The van der Waals surface area contributed by atoms with Gasteiger partial charge in [0, 0.05) is 6.42 Å². The predicted molar refractivity (Wildman–Crippen MR) is 90.9 cm³/mol. The number of carboxylic acids is 1. The SMILES string of the molecule is CC(CC(=O)NCC(Oc1ccc(F)cc1)C(=O)O)c1cccc(F)c1. The monoisotopic (exact) mass is 363 g/mol. The van der Waals surface area contributed by atoms with Crippen LogP contribution in [0.3, 0.4) is 0 Å². The maximum Gasteiger partial charge on any atom is 0.346 e. The highest BCUT2D eigenvalue weighted by atomic mass is 19.1. The Morgan fingerprint density at radius 2 is 1.81 bits per heavy atom. The number of hydrogen-bond donors (Lipinski definition) is 2. The third-order valence-corrected chi connectivity index (χ3v) is 3.76. The molecule has 0 aliphatic heterocycles. The summed E-state index contributed by atoms with van der Waals surface area (Å²) >= 11 is 0. The molecular weight excluding hydrogens is 344 g/mol. The number of aliphatic carboxylic acids is 1. The third-order valence-electron chi connectivity index (χ3n) is 3.76. The zero-order valence-corrected chi connectivity index (χ0v) is 14.1. The number of halogens is 2. The van der Waals surface area contributed by atoms with Crippen molar-refractivity contribution < 1.29 is 28.2 Å². The number of hydrogen-bond acceptors (Lipinski definition) is 3.